The normalized spacial score (nSPS) is 15.0. The van der Waals surface area contributed by atoms with Crippen LogP contribution in [0.5, 0.6) is 5.75 Å². The highest BCUT2D eigenvalue weighted by atomic mass is 79.9. The van der Waals surface area contributed by atoms with E-state index in [9.17, 15) is 18.8 Å². The fourth-order valence-corrected chi connectivity index (χ4v) is 3.98. The lowest BCUT2D eigenvalue weighted by atomic mass is 10.1. The molecule has 0 unspecified atom stereocenters. The molecule has 3 aromatic rings. The molecule has 4 rings (SSSR count). The van der Waals surface area contributed by atoms with Crippen LogP contribution in [0.4, 0.5) is 14.9 Å². The number of nitrogens with one attached hydrogen (secondary N) is 1. The van der Waals surface area contributed by atoms with Gasteiger partial charge in [-0.05, 0) is 64.0 Å². The van der Waals surface area contributed by atoms with Gasteiger partial charge in [0.25, 0.3) is 11.8 Å². The molecule has 0 aliphatic carbocycles. The maximum atomic E-state index is 13.8. The molecule has 4 amide bonds. The highest BCUT2D eigenvalue weighted by molar-refractivity contribution is 9.10. The van der Waals surface area contributed by atoms with E-state index < -0.39 is 17.8 Å². The van der Waals surface area contributed by atoms with E-state index in [1.807, 2.05) is 0 Å². The molecule has 34 heavy (non-hydrogen) atoms. The average molecular weight is 564 g/mol. The standard InChI is InChI=1S/C24H14BrCl2FN2O4/c25-17-10-13(5-8-21(17)34-12-14-3-1-2-4-20(14)28)9-16-22(31)29-24(33)30(23(16)32)15-6-7-18(26)19(27)11-15/h1-11H,12H2,(H,29,31,33)/b16-9+. The first kappa shape index (κ1) is 23.9. The lowest BCUT2D eigenvalue weighted by Gasteiger charge is -2.26. The highest BCUT2D eigenvalue weighted by Gasteiger charge is 2.37. The lowest BCUT2D eigenvalue weighted by Crippen LogP contribution is -2.54. The third-order valence-corrected chi connectivity index (χ3v) is 6.23. The molecule has 0 saturated carbocycles. The van der Waals surface area contributed by atoms with E-state index in [0.717, 1.165) is 4.90 Å². The third-order valence-electron chi connectivity index (χ3n) is 4.87. The number of halogens is 4. The molecule has 0 bridgehead atoms. The second-order valence-electron chi connectivity index (χ2n) is 7.13. The number of hydrogen-bond donors (Lipinski definition) is 1. The van der Waals surface area contributed by atoms with Crippen LogP contribution in [-0.2, 0) is 16.2 Å². The van der Waals surface area contributed by atoms with E-state index >= 15 is 0 Å². The number of ether oxygens (including phenoxy) is 1. The van der Waals surface area contributed by atoms with Crippen LogP contribution in [0.2, 0.25) is 10.0 Å². The quantitative estimate of drug-likeness (QED) is 0.299. The van der Waals surface area contributed by atoms with Crippen molar-refractivity contribution < 1.29 is 23.5 Å². The van der Waals surface area contributed by atoms with Crippen LogP contribution >= 0.6 is 39.1 Å². The number of amides is 4. The molecule has 1 saturated heterocycles. The maximum absolute atomic E-state index is 13.8. The summed E-state index contributed by atoms with van der Waals surface area (Å²) in [5.74, 6) is -1.58. The molecule has 1 aliphatic heterocycles. The minimum atomic E-state index is -0.899. The van der Waals surface area contributed by atoms with Gasteiger partial charge in [0.05, 0.1) is 20.2 Å². The first-order valence-electron chi connectivity index (χ1n) is 9.77. The van der Waals surface area contributed by atoms with Crippen molar-refractivity contribution >= 4 is 68.7 Å². The predicted octanol–water partition coefficient (Wildman–Crippen LogP) is 6.14. The van der Waals surface area contributed by atoms with Crippen LogP contribution in [0.1, 0.15) is 11.1 Å². The summed E-state index contributed by atoms with van der Waals surface area (Å²) in [5.41, 5.74) is 0.801. The minimum absolute atomic E-state index is 0.0212. The number of anilines is 1. The molecular weight excluding hydrogens is 550 g/mol. The Bertz CT molecular complexity index is 1360. The van der Waals surface area contributed by atoms with Gasteiger partial charge in [-0.25, -0.2) is 14.1 Å². The lowest BCUT2D eigenvalue weighted by molar-refractivity contribution is -0.122. The van der Waals surface area contributed by atoms with Crippen molar-refractivity contribution in [1.29, 1.82) is 0 Å². The molecule has 3 aromatic carbocycles. The molecule has 0 atom stereocenters. The topological polar surface area (TPSA) is 75.7 Å². The van der Waals surface area contributed by atoms with Crippen LogP contribution in [-0.4, -0.2) is 17.8 Å². The van der Waals surface area contributed by atoms with Gasteiger partial charge in [-0.2, -0.15) is 0 Å². The van der Waals surface area contributed by atoms with E-state index in [-0.39, 0.29) is 33.7 Å². The van der Waals surface area contributed by atoms with Crippen LogP contribution < -0.4 is 15.0 Å². The Morgan fingerprint density at radius 2 is 1.76 bits per heavy atom. The number of hydrogen-bond acceptors (Lipinski definition) is 4. The van der Waals surface area contributed by atoms with Crippen molar-refractivity contribution in [2.45, 2.75) is 6.61 Å². The fourth-order valence-electron chi connectivity index (χ4n) is 3.18. The maximum Gasteiger partial charge on any atom is 0.335 e. The Morgan fingerprint density at radius 3 is 2.47 bits per heavy atom. The molecule has 6 nitrogen and oxygen atoms in total. The summed E-state index contributed by atoms with van der Waals surface area (Å²) in [5, 5.41) is 2.55. The van der Waals surface area contributed by atoms with Crippen molar-refractivity contribution in [2.24, 2.45) is 0 Å². The summed E-state index contributed by atoms with van der Waals surface area (Å²) in [6.45, 7) is 0.0212. The zero-order valence-corrected chi connectivity index (χ0v) is 20.2. The summed E-state index contributed by atoms with van der Waals surface area (Å²) in [6, 6.07) is 14.5. The molecule has 172 valence electrons. The zero-order chi connectivity index (χ0) is 24.4. The molecule has 1 aliphatic rings. The summed E-state index contributed by atoms with van der Waals surface area (Å²) in [7, 11) is 0. The van der Waals surface area contributed by atoms with Crippen LogP contribution in [0.3, 0.4) is 0 Å². The van der Waals surface area contributed by atoms with Crippen molar-refractivity contribution in [2.75, 3.05) is 4.90 Å². The number of barbiturate groups is 1. The molecular formula is C24H14BrCl2FN2O4. The Hall–Kier alpha value is -3.20. The van der Waals surface area contributed by atoms with Gasteiger partial charge in [0.1, 0.15) is 23.7 Å². The number of nitrogens with zero attached hydrogens (tertiary/aromatic N) is 1. The van der Waals surface area contributed by atoms with Gasteiger partial charge >= 0.3 is 6.03 Å². The largest absolute Gasteiger partial charge is 0.488 e. The van der Waals surface area contributed by atoms with Gasteiger partial charge in [0.2, 0.25) is 0 Å². The summed E-state index contributed by atoms with van der Waals surface area (Å²) in [6.07, 6.45) is 1.35. The zero-order valence-electron chi connectivity index (χ0n) is 17.2. The van der Waals surface area contributed by atoms with Crippen molar-refractivity contribution in [3.8, 4) is 5.75 Å². The molecule has 0 radical (unpaired) electrons. The Balaban J connectivity index is 1.58. The molecule has 10 heteroatoms. The molecule has 1 N–H and O–H groups in total. The van der Waals surface area contributed by atoms with E-state index in [0.29, 0.717) is 21.3 Å². The average Bonchev–Trinajstić information content (AvgIpc) is 2.79. The van der Waals surface area contributed by atoms with Gasteiger partial charge in [0, 0.05) is 5.56 Å². The van der Waals surface area contributed by atoms with Crippen molar-refractivity contribution in [1.82, 2.24) is 5.32 Å². The number of benzene rings is 3. The number of imide groups is 2. The molecule has 0 aromatic heterocycles. The van der Waals surface area contributed by atoms with Gasteiger partial charge in [0.15, 0.2) is 0 Å². The van der Waals surface area contributed by atoms with E-state index in [1.54, 1.807) is 36.4 Å². The Labute approximate surface area is 212 Å². The van der Waals surface area contributed by atoms with Crippen LogP contribution in [0.15, 0.2) is 70.7 Å². The van der Waals surface area contributed by atoms with Gasteiger partial charge in [-0.15, -0.1) is 0 Å². The highest BCUT2D eigenvalue weighted by Crippen LogP contribution is 2.31. The number of urea groups is 1. The van der Waals surface area contributed by atoms with Crippen molar-refractivity contribution in [3.05, 3.63) is 97.7 Å². The SMILES string of the molecule is O=C1NC(=O)N(c2ccc(Cl)c(Cl)c2)C(=O)/C1=C/c1ccc(OCc2ccccc2F)c(Br)c1. The summed E-state index contributed by atoms with van der Waals surface area (Å²) >= 11 is 15.3. The fraction of sp³-hybridized carbons (Fsp3) is 0.0417. The van der Waals surface area contributed by atoms with E-state index in [2.05, 4.69) is 21.2 Å². The number of carbonyl (C=O) groups excluding carboxylic acids is 3. The summed E-state index contributed by atoms with van der Waals surface area (Å²) in [4.78, 5) is 38.6. The van der Waals surface area contributed by atoms with Crippen LogP contribution in [0, 0.1) is 5.82 Å². The van der Waals surface area contributed by atoms with Crippen molar-refractivity contribution in [3.63, 3.8) is 0 Å². The molecule has 0 spiro atoms. The second kappa shape index (κ2) is 9.97. The van der Waals surface area contributed by atoms with Crippen LogP contribution in [0.25, 0.3) is 6.08 Å². The predicted molar refractivity (Wildman–Crippen MR) is 130 cm³/mol. The molecule has 1 fully saturated rings. The summed E-state index contributed by atoms with van der Waals surface area (Å²) < 4.78 is 20.0. The monoisotopic (exact) mass is 562 g/mol. The second-order valence-corrected chi connectivity index (χ2v) is 8.79. The smallest absolute Gasteiger partial charge is 0.335 e. The van der Waals surface area contributed by atoms with Gasteiger partial charge < -0.3 is 4.74 Å². The number of rotatable bonds is 5. The van der Waals surface area contributed by atoms with E-state index in [4.69, 9.17) is 27.9 Å². The first-order chi connectivity index (χ1) is 16.2. The first-order valence-corrected chi connectivity index (χ1v) is 11.3. The van der Waals surface area contributed by atoms with Gasteiger partial charge in [-0.3, -0.25) is 14.9 Å². The Morgan fingerprint density at radius 1 is 1.00 bits per heavy atom. The Kier molecular flexibility index (Phi) is 7.02. The number of carbonyl (C=O) groups is 3. The van der Waals surface area contributed by atoms with E-state index in [1.165, 1.54) is 30.3 Å². The van der Waals surface area contributed by atoms with Gasteiger partial charge in [-0.1, -0.05) is 47.5 Å². The third kappa shape index (κ3) is 4.99. The minimum Gasteiger partial charge on any atom is -0.488 e. The molecule has 1 heterocycles.